The molecule has 1 aromatic carbocycles. The summed E-state index contributed by atoms with van der Waals surface area (Å²) < 4.78 is 23.0. The van der Waals surface area contributed by atoms with Crippen molar-refractivity contribution in [1.29, 1.82) is 0 Å². The molecule has 2 N–H and O–H groups in total. The normalized spacial score (nSPS) is 11.5. The standard InChI is InChI=1S/C19H27N5O2S.HI/c1-20-19(23-14-16-10-11-21-18(13-16)24(2)3)22-12-9-15-5-7-17(8-6-15)27(4,25)26;/h5-8,10-11,13H,9,12,14H2,1-4H3,(H2,20,22,23);1H. The van der Waals surface area contributed by atoms with E-state index >= 15 is 0 Å². The first-order chi connectivity index (χ1) is 12.8. The molecule has 0 aliphatic rings. The Kier molecular flexibility index (Phi) is 9.66. The number of benzene rings is 1. The first-order valence-electron chi connectivity index (χ1n) is 8.65. The predicted octanol–water partition coefficient (Wildman–Crippen LogP) is 2.08. The van der Waals surface area contributed by atoms with Gasteiger partial charge in [0, 0.05) is 46.7 Å². The van der Waals surface area contributed by atoms with Gasteiger partial charge in [-0.05, 0) is 41.8 Å². The van der Waals surface area contributed by atoms with Crippen LogP contribution in [0.1, 0.15) is 11.1 Å². The van der Waals surface area contributed by atoms with Gasteiger partial charge in [0.05, 0.1) is 4.90 Å². The van der Waals surface area contributed by atoms with Crippen LogP contribution in [0.2, 0.25) is 0 Å². The number of guanidine groups is 1. The van der Waals surface area contributed by atoms with Gasteiger partial charge in [0.2, 0.25) is 0 Å². The van der Waals surface area contributed by atoms with E-state index in [0.717, 1.165) is 23.4 Å². The first-order valence-corrected chi connectivity index (χ1v) is 10.5. The van der Waals surface area contributed by atoms with Crippen LogP contribution in [-0.4, -0.2) is 53.3 Å². The lowest BCUT2D eigenvalue weighted by atomic mass is 10.1. The number of nitrogens with zero attached hydrogens (tertiary/aromatic N) is 3. The molecule has 0 atom stereocenters. The van der Waals surface area contributed by atoms with Gasteiger partial charge < -0.3 is 15.5 Å². The Bertz CT molecular complexity index is 883. The van der Waals surface area contributed by atoms with Crippen LogP contribution in [0.25, 0.3) is 0 Å². The third-order valence-corrected chi connectivity index (χ3v) is 5.14. The maximum absolute atomic E-state index is 11.5. The zero-order chi connectivity index (χ0) is 19.9. The van der Waals surface area contributed by atoms with Crippen LogP contribution in [0.5, 0.6) is 0 Å². The Morgan fingerprint density at radius 1 is 1.11 bits per heavy atom. The average Bonchev–Trinajstić information content (AvgIpc) is 2.64. The van der Waals surface area contributed by atoms with Gasteiger partial charge in [-0.15, -0.1) is 24.0 Å². The lowest BCUT2D eigenvalue weighted by Gasteiger charge is -2.14. The maximum atomic E-state index is 11.5. The fourth-order valence-corrected chi connectivity index (χ4v) is 3.08. The Balaban J connectivity index is 0.00000392. The number of halogens is 1. The monoisotopic (exact) mass is 517 g/mol. The van der Waals surface area contributed by atoms with E-state index in [-0.39, 0.29) is 24.0 Å². The number of hydrogen-bond donors (Lipinski definition) is 2. The summed E-state index contributed by atoms with van der Waals surface area (Å²) in [4.78, 5) is 10.8. The van der Waals surface area contributed by atoms with Gasteiger partial charge in [-0.2, -0.15) is 0 Å². The van der Waals surface area contributed by atoms with Crippen LogP contribution in [0.15, 0.2) is 52.5 Å². The van der Waals surface area contributed by atoms with Gasteiger partial charge in [0.15, 0.2) is 15.8 Å². The fraction of sp³-hybridized carbons (Fsp3) is 0.368. The van der Waals surface area contributed by atoms with E-state index in [0.29, 0.717) is 23.9 Å². The summed E-state index contributed by atoms with van der Waals surface area (Å²) in [6.07, 6.45) is 3.77. The lowest BCUT2D eigenvalue weighted by Crippen LogP contribution is -2.37. The SMILES string of the molecule is CN=C(NCCc1ccc(S(C)(=O)=O)cc1)NCc1ccnc(N(C)C)c1.I. The summed E-state index contributed by atoms with van der Waals surface area (Å²) in [5.41, 5.74) is 2.18. The Morgan fingerprint density at radius 2 is 1.79 bits per heavy atom. The van der Waals surface area contributed by atoms with E-state index in [9.17, 15) is 8.42 Å². The highest BCUT2D eigenvalue weighted by molar-refractivity contribution is 14.0. The van der Waals surface area contributed by atoms with Gasteiger partial charge in [0.1, 0.15) is 5.82 Å². The molecule has 0 radical (unpaired) electrons. The molecule has 7 nitrogen and oxygen atoms in total. The molecule has 0 bridgehead atoms. The van der Waals surface area contributed by atoms with Crippen molar-refractivity contribution >= 4 is 45.6 Å². The fourth-order valence-electron chi connectivity index (χ4n) is 2.45. The number of aliphatic imine (C=N–C) groups is 1. The summed E-state index contributed by atoms with van der Waals surface area (Å²) in [5, 5.41) is 6.55. The van der Waals surface area contributed by atoms with Crippen molar-refractivity contribution in [3.8, 4) is 0 Å². The van der Waals surface area contributed by atoms with Gasteiger partial charge in [-0.25, -0.2) is 13.4 Å². The summed E-state index contributed by atoms with van der Waals surface area (Å²) in [6.45, 7) is 1.34. The molecule has 0 amide bonds. The number of pyridine rings is 1. The molecule has 1 aromatic heterocycles. The van der Waals surface area contributed by atoms with E-state index in [2.05, 4.69) is 20.6 Å². The third kappa shape index (κ3) is 7.63. The van der Waals surface area contributed by atoms with Gasteiger partial charge in [0.25, 0.3) is 0 Å². The van der Waals surface area contributed by atoms with Crippen molar-refractivity contribution in [3.05, 3.63) is 53.7 Å². The molecule has 0 saturated heterocycles. The minimum atomic E-state index is -3.15. The molecule has 28 heavy (non-hydrogen) atoms. The number of anilines is 1. The van der Waals surface area contributed by atoms with Crippen molar-refractivity contribution in [3.63, 3.8) is 0 Å². The second kappa shape index (κ2) is 11.2. The van der Waals surface area contributed by atoms with Crippen molar-refractivity contribution in [2.45, 2.75) is 17.9 Å². The van der Waals surface area contributed by atoms with Gasteiger partial charge >= 0.3 is 0 Å². The number of rotatable bonds is 7. The summed E-state index contributed by atoms with van der Waals surface area (Å²) in [6, 6.07) is 11.0. The first kappa shape index (κ1) is 24.2. The molecular formula is C19H28IN5O2S. The largest absolute Gasteiger partial charge is 0.363 e. The van der Waals surface area contributed by atoms with Crippen LogP contribution in [0.4, 0.5) is 5.82 Å². The Hall–Kier alpha value is -1.88. The molecule has 0 spiro atoms. The topological polar surface area (TPSA) is 86.7 Å². The molecular weight excluding hydrogens is 489 g/mol. The number of hydrogen-bond acceptors (Lipinski definition) is 5. The van der Waals surface area contributed by atoms with E-state index in [4.69, 9.17) is 0 Å². The summed E-state index contributed by atoms with van der Waals surface area (Å²) in [5.74, 6) is 1.63. The van der Waals surface area contributed by atoms with Crippen LogP contribution in [0.3, 0.4) is 0 Å². The van der Waals surface area contributed by atoms with Gasteiger partial charge in [-0.3, -0.25) is 4.99 Å². The Morgan fingerprint density at radius 3 is 2.36 bits per heavy atom. The highest BCUT2D eigenvalue weighted by atomic mass is 127. The lowest BCUT2D eigenvalue weighted by molar-refractivity contribution is 0.602. The van der Waals surface area contributed by atoms with Crippen molar-refractivity contribution < 1.29 is 8.42 Å². The zero-order valence-corrected chi connectivity index (χ0v) is 19.8. The zero-order valence-electron chi connectivity index (χ0n) is 16.6. The van der Waals surface area contributed by atoms with Crippen LogP contribution in [0, 0.1) is 0 Å². The van der Waals surface area contributed by atoms with Crippen molar-refractivity contribution in [1.82, 2.24) is 15.6 Å². The highest BCUT2D eigenvalue weighted by Gasteiger charge is 2.06. The molecule has 154 valence electrons. The summed E-state index contributed by atoms with van der Waals surface area (Å²) in [7, 11) is 2.50. The van der Waals surface area contributed by atoms with E-state index in [1.165, 1.54) is 6.26 Å². The number of sulfone groups is 1. The Labute approximate surface area is 184 Å². The van der Waals surface area contributed by atoms with E-state index < -0.39 is 9.84 Å². The molecule has 0 unspecified atom stereocenters. The quantitative estimate of drug-likeness (QED) is 0.333. The predicted molar refractivity (Wildman–Crippen MR) is 125 cm³/mol. The molecule has 0 aliphatic heterocycles. The number of nitrogens with one attached hydrogen (secondary N) is 2. The number of aromatic nitrogens is 1. The smallest absolute Gasteiger partial charge is 0.191 e. The minimum Gasteiger partial charge on any atom is -0.363 e. The van der Waals surface area contributed by atoms with Crippen molar-refractivity contribution in [2.24, 2.45) is 4.99 Å². The third-order valence-electron chi connectivity index (χ3n) is 4.01. The molecule has 0 saturated carbocycles. The van der Waals surface area contributed by atoms with Crippen LogP contribution >= 0.6 is 24.0 Å². The molecule has 2 rings (SSSR count). The molecule has 2 aromatic rings. The highest BCUT2D eigenvalue weighted by Crippen LogP contribution is 2.11. The van der Waals surface area contributed by atoms with Crippen LogP contribution < -0.4 is 15.5 Å². The van der Waals surface area contributed by atoms with Gasteiger partial charge in [-0.1, -0.05) is 12.1 Å². The average molecular weight is 517 g/mol. The second-order valence-corrected chi connectivity index (χ2v) is 8.45. The molecule has 0 fully saturated rings. The van der Waals surface area contributed by atoms with E-state index in [1.807, 2.05) is 43.3 Å². The molecule has 1 heterocycles. The second-order valence-electron chi connectivity index (χ2n) is 6.44. The summed E-state index contributed by atoms with van der Waals surface area (Å²) >= 11 is 0. The molecule has 9 heteroatoms. The molecule has 0 aliphatic carbocycles. The maximum Gasteiger partial charge on any atom is 0.191 e. The van der Waals surface area contributed by atoms with E-state index in [1.54, 1.807) is 25.4 Å². The minimum absolute atomic E-state index is 0. The van der Waals surface area contributed by atoms with Crippen LogP contribution in [-0.2, 0) is 22.8 Å². The van der Waals surface area contributed by atoms with Crippen molar-refractivity contribution in [2.75, 3.05) is 38.8 Å².